The van der Waals surface area contributed by atoms with Gasteiger partial charge >= 0.3 is 12.1 Å². The summed E-state index contributed by atoms with van der Waals surface area (Å²) < 4.78 is 5.22. The van der Waals surface area contributed by atoms with E-state index in [9.17, 15) is 14.7 Å². The molecule has 17 heavy (non-hydrogen) atoms. The summed E-state index contributed by atoms with van der Waals surface area (Å²) in [5, 5.41) is 9.18. The monoisotopic (exact) mass is 243 g/mol. The Morgan fingerprint density at radius 2 is 2.00 bits per heavy atom. The number of likely N-dealkylation sites (tertiary alicyclic amines) is 1. The molecule has 1 N–H and O–H groups in total. The van der Waals surface area contributed by atoms with Gasteiger partial charge in [0.15, 0.2) is 0 Å². The van der Waals surface area contributed by atoms with Gasteiger partial charge in [0.05, 0.1) is 0 Å². The number of aliphatic carboxylic acids is 1. The van der Waals surface area contributed by atoms with Crippen LogP contribution < -0.4 is 0 Å². The maximum Gasteiger partial charge on any atom is 0.411 e. The Morgan fingerprint density at radius 3 is 2.41 bits per heavy atom. The number of carboxylic acids is 1. The summed E-state index contributed by atoms with van der Waals surface area (Å²) in [5.74, 6) is -0.916. The van der Waals surface area contributed by atoms with Crippen molar-refractivity contribution in [3.05, 3.63) is 0 Å². The fraction of sp³-hybridized carbons (Fsp3) is 0.833. The molecule has 5 nitrogen and oxygen atoms in total. The third-order valence-electron chi connectivity index (χ3n) is 2.93. The molecule has 1 aliphatic heterocycles. The molecule has 1 saturated heterocycles. The first-order valence-electron chi connectivity index (χ1n) is 5.98. The first kappa shape index (κ1) is 13.8. The molecule has 0 spiro atoms. The van der Waals surface area contributed by atoms with E-state index in [1.807, 2.05) is 6.92 Å². The summed E-state index contributed by atoms with van der Waals surface area (Å²) in [6.07, 6.45) is 0.962. The van der Waals surface area contributed by atoms with Gasteiger partial charge in [-0.25, -0.2) is 9.59 Å². The minimum Gasteiger partial charge on any atom is -0.480 e. The molecule has 1 rings (SSSR count). The van der Waals surface area contributed by atoms with Crippen molar-refractivity contribution < 1.29 is 19.4 Å². The molecule has 2 atom stereocenters. The van der Waals surface area contributed by atoms with Crippen molar-refractivity contribution >= 4 is 12.1 Å². The molecule has 1 amide bonds. The van der Waals surface area contributed by atoms with Crippen molar-refractivity contribution in [1.82, 2.24) is 4.90 Å². The number of ether oxygens (including phenoxy) is 1. The summed E-state index contributed by atoms with van der Waals surface area (Å²) >= 11 is 0. The van der Waals surface area contributed by atoms with Gasteiger partial charge in [-0.1, -0.05) is 13.3 Å². The molecule has 0 radical (unpaired) electrons. The molecule has 0 saturated carbocycles. The molecule has 0 bridgehead atoms. The smallest absolute Gasteiger partial charge is 0.411 e. The normalized spacial score (nSPS) is 24.8. The van der Waals surface area contributed by atoms with E-state index in [0.717, 1.165) is 12.8 Å². The number of rotatable bonds is 2. The summed E-state index contributed by atoms with van der Waals surface area (Å²) in [5.41, 5.74) is -0.593. The van der Waals surface area contributed by atoms with Gasteiger partial charge in [-0.2, -0.15) is 0 Å². The minimum atomic E-state index is -0.944. The fourth-order valence-corrected chi connectivity index (χ4v) is 2.14. The fourth-order valence-electron chi connectivity index (χ4n) is 2.14. The molecule has 0 aromatic carbocycles. The lowest BCUT2D eigenvalue weighted by Gasteiger charge is -2.28. The van der Waals surface area contributed by atoms with Crippen LogP contribution in [0.25, 0.3) is 0 Å². The number of carbonyl (C=O) groups is 2. The van der Waals surface area contributed by atoms with Crippen LogP contribution in [0.15, 0.2) is 0 Å². The van der Waals surface area contributed by atoms with Gasteiger partial charge in [0.2, 0.25) is 0 Å². The van der Waals surface area contributed by atoms with Crippen LogP contribution in [0.2, 0.25) is 0 Å². The Bertz CT molecular complexity index is 308. The third-order valence-corrected chi connectivity index (χ3v) is 2.93. The molecular formula is C12H21NO4. The van der Waals surface area contributed by atoms with Gasteiger partial charge in [-0.3, -0.25) is 4.90 Å². The van der Waals surface area contributed by atoms with E-state index in [2.05, 4.69) is 0 Å². The first-order chi connectivity index (χ1) is 7.76. The average molecular weight is 243 g/mol. The van der Waals surface area contributed by atoms with E-state index in [0.29, 0.717) is 6.54 Å². The predicted octanol–water partition coefficient (Wildman–Crippen LogP) is 2.11. The minimum absolute atomic E-state index is 0.0278. The average Bonchev–Trinajstić information content (AvgIpc) is 2.57. The number of hydrogen-bond acceptors (Lipinski definition) is 3. The molecule has 5 heteroatoms. The van der Waals surface area contributed by atoms with Gasteiger partial charge in [0.1, 0.15) is 11.6 Å². The Balaban J connectivity index is 2.76. The van der Waals surface area contributed by atoms with Gasteiger partial charge in [-0.15, -0.1) is 0 Å². The highest BCUT2D eigenvalue weighted by molar-refractivity contribution is 5.81. The highest BCUT2D eigenvalue weighted by Gasteiger charge is 2.42. The van der Waals surface area contributed by atoms with Gasteiger partial charge in [0.25, 0.3) is 0 Å². The Labute approximate surface area is 102 Å². The van der Waals surface area contributed by atoms with Crippen LogP contribution in [0, 0.1) is 5.92 Å². The maximum atomic E-state index is 11.9. The molecular weight excluding hydrogens is 222 g/mol. The number of nitrogens with zero attached hydrogens (tertiary/aromatic N) is 1. The lowest BCUT2D eigenvalue weighted by Crippen LogP contribution is -2.45. The van der Waals surface area contributed by atoms with E-state index in [4.69, 9.17) is 4.74 Å². The molecule has 2 unspecified atom stereocenters. The molecule has 1 aliphatic rings. The number of carboxylic acid groups (broad SMARTS) is 1. The zero-order valence-electron chi connectivity index (χ0n) is 10.9. The summed E-state index contributed by atoms with van der Waals surface area (Å²) in [6, 6.07) is -0.741. The van der Waals surface area contributed by atoms with Crippen molar-refractivity contribution in [3.8, 4) is 0 Å². The largest absolute Gasteiger partial charge is 0.480 e. The molecule has 1 heterocycles. The van der Waals surface area contributed by atoms with Gasteiger partial charge in [0, 0.05) is 6.54 Å². The SMILES string of the molecule is CCC1CCN(C(=O)OC(C)(C)C)C1C(=O)O. The van der Waals surface area contributed by atoms with Crippen LogP contribution in [-0.2, 0) is 9.53 Å². The van der Waals surface area contributed by atoms with Crippen LogP contribution in [0.1, 0.15) is 40.5 Å². The molecule has 0 aromatic heterocycles. The van der Waals surface area contributed by atoms with Crippen LogP contribution in [-0.4, -0.2) is 40.3 Å². The van der Waals surface area contributed by atoms with Crippen LogP contribution in [0.4, 0.5) is 4.79 Å². The van der Waals surface area contributed by atoms with Crippen LogP contribution in [0.3, 0.4) is 0 Å². The van der Waals surface area contributed by atoms with Crippen molar-refractivity contribution in [2.24, 2.45) is 5.92 Å². The Morgan fingerprint density at radius 1 is 1.41 bits per heavy atom. The molecule has 0 aliphatic carbocycles. The molecule has 1 fully saturated rings. The summed E-state index contributed by atoms with van der Waals surface area (Å²) in [7, 11) is 0. The van der Waals surface area contributed by atoms with Crippen molar-refractivity contribution in [1.29, 1.82) is 0 Å². The maximum absolute atomic E-state index is 11.9. The molecule has 98 valence electrons. The standard InChI is InChI=1S/C12H21NO4/c1-5-8-6-7-13(9(8)10(14)15)11(16)17-12(2,3)4/h8-9H,5-7H2,1-4H3,(H,14,15). The van der Waals surface area contributed by atoms with E-state index in [1.54, 1.807) is 20.8 Å². The second-order valence-corrected chi connectivity index (χ2v) is 5.41. The summed E-state index contributed by atoms with van der Waals surface area (Å²) in [6.45, 7) is 7.72. The predicted molar refractivity (Wildman–Crippen MR) is 62.8 cm³/mol. The highest BCUT2D eigenvalue weighted by Crippen LogP contribution is 2.28. The van der Waals surface area contributed by atoms with E-state index in [1.165, 1.54) is 4.90 Å². The molecule has 0 aromatic rings. The lowest BCUT2D eigenvalue weighted by atomic mass is 9.98. The van der Waals surface area contributed by atoms with Crippen molar-refractivity contribution in [3.63, 3.8) is 0 Å². The zero-order valence-corrected chi connectivity index (χ0v) is 10.9. The second kappa shape index (κ2) is 4.94. The number of carbonyl (C=O) groups excluding carboxylic acids is 1. The van der Waals surface area contributed by atoms with E-state index < -0.39 is 23.7 Å². The van der Waals surface area contributed by atoms with Crippen molar-refractivity contribution in [2.45, 2.75) is 52.2 Å². The Hall–Kier alpha value is -1.26. The third kappa shape index (κ3) is 3.35. The lowest BCUT2D eigenvalue weighted by molar-refractivity contribution is -0.143. The van der Waals surface area contributed by atoms with E-state index in [-0.39, 0.29) is 5.92 Å². The van der Waals surface area contributed by atoms with Crippen LogP contribution in [0.5, 0.6) is 0 Å². The summed E-state index contributed by atoms with van der Waals surface area (Å²) in [4.78, 5) is 24.4. The number of amides is 1. The highest BCUT2D eigenvalue weighted by atomic mass is 16.6. The van der Waals surface area contributed by atoms with Crippen LogP contribution >= 0.6 is 0 Å². The Kier molecular flexibility index (Phi) is 4.01. The van der Waals surface area contributed by atoms with Crippen molar-refractivity contribution in [2.75, 3.05) is 6.54 Å². The number of hydrogen-bond donors (Lipinski definition) is 1. The zero-order chi connectivity index (χ0) is 13.2. The van der Waals surface area contributed by atoms with E-state index >= 15 is 0 Å². The van der Waals surface area contributed by atoms with Gasteiger partial charge < -0.3 is 9.84 Å². The second-order valence-electron chi connectivity index (χ2n) is 5.41. The topological polar surface area (TPSA) is 66.8 Å². The van der Waals surface area contributed by atoms with Gasteiger partial charge in [-0.05, 0) is 33.1 Å². The first-order valence-corrected chi connectivity index (χ1v) is 5.98. The quantitative estimate of drug-likeness (QED) is 0.806.